The van der Waals surface area contributed by atoms with Crippen LogP contribution in [0.15, 0.2) is 153 Å². The van der Waals surface area contributed by atoms with Crippen LogP contribution in [0, 0.1) is 0 Å². The SMILES string of the molecule is C.CC(C)Oc1ccccn1.CC(C)Oc1ccccn1.CC(C)Oc1ccccn1.CC(C)Oc1cccnc1.CC(C)Oc1ccnnc1.CC(C)Oc1cnccn1.CC(C)Oc1ncccn1. The van der Waals surface area contributed by atoms with Crippen molar-refractivity contribution < 1.29 is 33.2 Å². The second kappa shape index (κ2) is 40.3. The Morgan fingerprint density at radius 1 is 0.282 bits per heavy atom. The van der Waals surface area contributed by atoms with Crippen molar-refractivity contribution >= 4 is 0 Å². The summed E-state index contributed by atoms with van der Waals surface area (Å²) in [6.45, 7) is 27.6. The second-order valence-corrected chi connectivity index (χ2v) is 16.0. The molecule has 17 nitrogen and oxygen atoms in total. The lowest BCUT2D eigenvalue weighted by molar-refractivity contribution is 0.222. The number of aromatic nitrogens is 10. The molecule has 7 aromatic heterocycles. The number of hydrogen-bond donors (Lipinski definition) is 0. The third kappa shape index (κ3) is 39.0. The lowest BCUT2D eigenvalue weighted by atomic mass is 10.4. The summed E-state index contributed by atoms with van der Waals surface area (Å²) in [5.41, 5.74) is 0. The highest BCUT2D eigenvalue weighted by molar-refractivity contribution is 5.16. The average molecular weight is 979 g/mol. The first-order chi connectivity index (χ1) is 33.5. The predicted octanol–water partition coefficient (Wildman–Crippen LogP) is 11.9. The van der Waals surface area contributed by atoms with Gasteiger partial charge in [0.25, 0.3) is 0 Å². The largest absolute Gasteiger partial charge is 0.489 e. The highest BCUT2D eigenvalue weighted by Crippen LogP contribution is 2.10. The van der Waals surface area contributed by atoms with Gasteiger partial charge in [-0.1, -0.05) is 25.6 Å². The fraction of sp³-hybridized carbons (Fsp3) is 0.407. The van der Waals surface area contributed by atoms with Gasteiger partial charge in [0.15, 0.2) is 0 Å². The summed E-state index contributed by atoms with van der Waals surface area (Å²) in [6.07, 6.45) is 21.3. The van der Waals surface area contributed by atoms with Crippen LogP contribution in [0.1, 0.15) is 104 Å². The Hall–Kier alpha value is -7.56. The van der Waals surface area contributed by atoms with Crippen molar-refractivity contribution in [2.75, 3.05) is 0 Å². The first-order valence-corrected chi connectivity index (χ1v) is 23.1. The van der Waals surface area contributed by atoms with Crippen molar-refractivity contribution in [3.63, 3.8) is 0 Å². The molecule has 0 N–H and O–H groups in total. The molecule has 7 heterocycles. The van der Waals surface area contributed by atoms with Crippen LogP contribution < -0.4 is 33.2 Å². The van der Waals surface area contributed by atoms with Crippen molar-refractivity contribution in [1.29, 1.82) is 0 Å². The van der Waals surface area contributed by atoms with E-state index in [1.165, 1.54) is 0 Å². The number of pyridine rings is 4. The second-order valence-electron chi connectivity index (χ2n) is 16.0. The van der Waals surface area contributed by atoms with Crippen LogP contribution >= 0.6 is 0 Å². The fourth-order valence-corrected chi connectivity index (χ4v) is 4.43. The molecular weight excluding hydrogens is 901 g/mol. The van der Waals surface area contributed by atoms with Gasteiger partial charge in [0, 0.05) is 73.8 Å². The van der Waals surface area contributed by atoms with E-state index in [9.17, 15) is 0 Å². The van der Waals surface area contributed by atoms with Gasteiger partial charge in [-0.05, 0) is 133 Å². The smallest absolute Gasteiger partial charge is 0.316 e. The molecule has 71 heavy (non-hydrogen) atoms. The van der Waals surface area contributed by atoms with Crippen molar-refractivity contribution in [2.24, 2.45) is 0 Å². The van der Waals surface area contributed by atoms with E-state index >= 15 is 0 Å². The van der Waals surface area contributed by atoms with E-state index in [4.69, 9.17) is 33.2 Å². The van der Waals surface area contributed by atoms with E-state index in [-0.39, 0.29) is 50.2 Å². The molecule has 7 aromatic rings. The molecule has 0 saturated heterocycles. The first-order valence-electron chi connectivity index (χ1n) is 23.1. The third-order valence-corrected chi connectivity index (χ3v) is 6.70. The number of nitrogens with zero attached hydrogens (tertiary/aromatic N) is 10. The van der Waals surface area contributed by atoms with E-state index < -0.39 is 0 Å². The maximum Gasteiger partial charge on any atom is 0.316 e. The van der Waals surface area contributed by atoms with Gasteiger partial charge in [0.1, 0.15) is 11.5 Å². The summed E-state index contributed by atoms with van der Waals surface area (Å²) in [5, 5.41) is 7.29. The normalized spacial score (nSPS) is 9.76. The summed E-state index contributed by atoms with van der Waals surface area (Å²) < 4.78 is 37.0. The highest BCUT2D eigenvalue weighted by atomic mass is 16.5. The van der Waals surface area contributed by atoms with Crippen LogP contribution in [-0.4, -0.2) is 92.8 Å². The molecule has 0 fully saturated rings. The Morgan fingerprint density at radius 3 is 1.01 bits per heavy atom. The van der Waals surface area contributed by atoms with Gasteiger partial charge in [-0.25, -0.2) is 29.9 Å². The molecule has 0 atom stereocenters. The van der Waals surface area contributed by atoms with Gasteiger partial charge in [-0.2, -0.15) is 10.2 Å². The van der Waals surface area contributed by atoms with Crippen molar-refractivity contribution in [1.82, 2.24) is 50.1 Å². The molecule has 0 spiro atoms. The quantitative estimate of drug-likeness (QED) is 0.0997. The Balaban J connectivity index is 0.000000803. The topological polar surface area (TPSA) is 194 Å². The highest BCUT2D eigenvalue weighted by Gasteiger charge is 1.99. The zero-order chi connectivity index (χ0) is 51.8. The zero-order valence-electron chi connectivity index (χ0n) is 43.3. The van der Waals surface area contributed by atoms with Gasteiger partial charge in [-0.15, -0.1) is 0 Å². The number of hydrogen-bond acceptors (Lipinski definition) is 17. The monoisotopic (exact) mass is 979 g/mol. The molecule has 17 heteroatoms. The molecule has 0 aliphatic heterocycles. The number of ether oxygens (including phenoxy) is 7. The Bertz CT molecular complexity index is 1740. The Labute approximate surface area is 423 Å². The standard InChI is InChI=1S/4C8H11NO.3C7H10N2O.CH4/c1-7(2)10-8-4-3-5-9-6-8;3*1-7(2)10-8-5-3-4-6-9-8;1-6(2)10-7-5-8-3-4-9-7;1-6(2)10-7-3-4-8-9-5-7;1-6(2)10-7-8-4-3-5-9-7;/h4*3-7H,1-2H3;3*3-6H,1-2H3;1H4. The molecule has 0 radical (unpaired) electrons. The van der Waals surface area contributed by atoms with E-state index in [2.05, 4.69) is 50.1 Å². The third-order valence-electron chi connectivity index (χ3n) is 6.70. The van der Waals surface area contributed by atoms with Crippen LogP contribution in [0.2, 0.25) is 0 Å². The van der Waals surface area contributed by atoms with Gasteiger partial charge in [0.2, 0.25) is 23.5 Å². The summed E-state index contributed by atoms with van der Waals surface area (Å²) >= 11 is 0. The first kappa shape index (κ1) is 63.4. The van der Waals surface area contributed by atoms with Gasteiger partial charge < -0.3 is 33.2 Å². The molecule has 0 bridgehead atoms. The molecule has 0 aliphatic rings. The van der Waals surface area contributed by atoms with E-state index in [0.29, 0.717) is 29.5 Å². The summed E-state index contributed by atoms with van der Waals surface area (Å²) in [7, 11) is 0. The molecule has 0 amide bonds. The summed E-state index contributed by atoms with van der Waals surface area (Å²) in [5.74, 6) is 4.26. The average Bonchev–Trinajstić information content (AvgIpc) is 3.31. The van der Waals surface area contributed by atoms with Crippen LogP contribution in [0.4, 0.5) is 0 Å². The summed E-state index contributed by atoms with van der Waals surface area (Å²) in [6, 6.07) is 24.6. The molecule has 7 rings (SSSR count). The predicted molar refractivity (Wildman–Crippen MR) is 280 cm³/mol. The van der Waals surface area contributed by atoms with Crippen LogP contribution in [0.5, 0.6) is 41.0 Å². The van der Waals surface area contributed by atoms with E-state index in [1.807, 2.05) is 164 Å². The molecule has 0 unspecified atom stereocenters. The molecule has 0 aromatic carbocycles. The minimum atomic E-state index is 0. The minimum absolute atomic E-state index is 0. The number of rotatable bonds is 14. The fourth-order valence-electron chi connectivity index (χ4n) is 4.43. The van der Waals surface area contributed by atoms with Crippen LogP contribution in [0.25, 0.3) is 0 Å². The van der Waals surface area contributed by atoms with E-state index in [0.717, 1.165) is 11.5 Å². The van der Waals surface area contributed by atoms with Crippen molar-refractivity contribution in [3.8, 4) is 41.0 Å². The molecule has 0 aliphatic carbocycles. The zero-order valence-corrected chi connectivity index (χ0v) is 43.3. The van der Waals surface area contributed by atoms with Crippen molar-refractivity contribution in [3.05, 3.63) is 153 Å². The Kier molecular flexibility index (Phi) is 36.0. The maximum absolute atomic E-state index is 5.35. The van der Waals surface area contributed by atoms with Crippen molar-refractivity contribution in [2.45, 2.75) is 147 Å². The maximum atomic E-state index is 5.35. The Morgan fingerprint density at radius 2 is 0.676 bits per heavy atom. The van der Waals surface area contributed by atoms with Gasteiger partial charge in [0.05, 0.1) is 67.5 Å². The van der Waals surface area contributed by atoms with Crippen LogP contribution in [0.3, 0.4) is 0 Å². The molecule has 0 saturated carbocycles. The van der Waals surface area contributed by atoms with Gasteiger partial charge in [-0.3, -0.25) is 9.97 Å². The molecular formula is C54H78N10O7. The summed E-state index contributed by atoms with van der Waals surface area (Å²) in [4.78, 5) is 31.5. The van der Waals surface area contributed by atoms with Gasteiger partial charge >= 0.3 is 6.01 Å². The lowest BCUT2D eigenvalue weighted by Gasteiger charge is -2.07. The van der Waals surface area contributed by atoms with Crippen LogP contribution in [-0.2, 0) is 0 Å². The molecule has 386 valence electrons. The minimum Gasteiger partial charge on any atom is -0.489 e. The van der Waals surface area contributed by atoms with E-state index in [1.54, 1.807) is 86.5 Å². The lowest BCUT2D eigenvalue weighted by Crippen LogP contribution is -2.07.